The minimum Gasteiger partial charge on any atom is -0.460 e. The molecule has 1 aliphatic rings. The molecule has 170 valence electrons. The lowest BCUT2D eigenvalue weighted by atomic mass is 9.95. The first-order valence-corrected chi connectivity index (χ1v) is 11.3. The van der Waals surface area contributed by atoms with Gasteiger partial charge in [0.1, 0.15) is 18.4 Å². The molecule has 4 atom stereocenters. The highest BCUT2D eigenvalue weighted by atomic mass is 16.5. The smallest absolute Gasteiger partial charge is 0.320 e. The fraction of sp³-hybridized carbons (Fsp3) is 0.440. The standard InChI is InChI=1S/C25H31N3O4/c1-3-6-19-13-20(24(30)27-19)16(2)26-14-23(29)31-15-17-9-11-18(12-10-17)25-28-21-7-4-5-8-22(21)32-25/h4-5,7-12,16,19-20,24,26-27,30H,3,6,13-15H2,1-2H3. The predicted octanol–water partition coefficient (Wildman–Crippen LogP) is 3.61. The fourth-order valence-corrected chi connectivity index (χ4v) is 4.27. The van der Waals surface area contributed by atoms with E-state index in [0.29, 0.717) is 11.9 Å². The number of benzene rings is 2. The molecule has 0 radical (unpaired) electrons. The van der Waals surface area contributed by atoms with E-state index in [9.17, 15) is 9.90 Å². The third-order valence-electron chi connectivity index (χ3n) is 6.11. The van der Waals surface area contributed by atoms with Crippen molar-refractivity contribution in [2.24, 2.45) is 5.92 Å². The maximum Gasteiger partial charge on any atom is 0.320 e. The number of fused-ring (bicyclic) bond motifs is 1. The largest absolute Gasteiger partial charge is 0.460 e. The number of para-hydroxylation sites is 2. The zero-order chi connectivity index (χ0) is 22.5. The molecule has 0 spiro atoms. The van der Waals surface area contributed by atoms with E-state index in [1.165, 1.54) is 0 Å². The maximum absolute atomic E-state index is 12.2. The van der Waals surface area contributed by atoms with Crippen LogP contribution in [0.4, 0.5) is 0 Å². The van der Waals surface area contributed by atoms with Crippen molar-refractivity contribution in [2.45, 2.75) is 58.0 Å². The topological polar surface area (TPSA) is 96.6 Å². The molecule has 1 aliphatic heterocycles. The second-order valence-electron chi connectivity index (χ2n) is 8.51. The molecule has 3 N–H and O–H groups in total. The molecule has 2 aromatic carbocycles. The third-order valence-corrected chi connectivity index (χ3v) is 6.11. The summed E-state index contributed by atoms with van der Waals surface area (Å²) in [7, 11) is 0. The van der Waals surface area contributed by atoms with Crippen LogP contribution in [0.5, 0.6) is 0 Å². The Balaban J connectivity index is 1.23. The molecule has 1 fully saturated rings. The maximum atomic E-state index is 12.2. The number of carbonyl (C=O) groups excluding carboxylic acids is 1. The number of esters is 1. The van der Waals surface area contributed by atoms with Crippen LogP contribution in [0.25, 0.3) is 22.6 Å². The zero-order valence-corrected chi connectivity index (χ0v) is 18.6. The van der Waals surface area contributed by atoms with Crippen LogP contribution < -0.4 is 10.6 Å². The summed E-state index contributed by atoms with van der Waals surface area (Å²) in [6.07, 6.45) is 2.50. The Hall–Kier alpha value is -2.74. The van der Waals surface area contributed by atoms with Crippen molar-refractivity contribution in [3.8, 4) is 11.5 Å². The lowest BCUT2D eigenvalue weighted by Gasteiger charge is -2.22. The van der Waals surface area contributed by atoms with Gasteiger partial charge in [0.15, 0.2) is 5.58 Å². The Morgan fingerprint density at radius 2 is 2.06 bits per heavy atom. The summed E-state index contributed by atoms with van der Waals surface area (Å²) in [6, 6.07) is 15.6. The number of aromatic nitrogens is 1. The van der Waals surface area contributed by atoms with E-state index in [1.807, 2.05) is 55.5 Å². The highest BCUT2D eigenvalue weighted by Crippen LogP contribution is 2.25. The first-order valence-electron chi connectivity index (χ1n) is 11.3. The summed E-state index contributed by atoms with van der Waals surface area (Å²) in [6.45, 7) is 4.46. The molecule has 0 saturated carbocycles. The number of oxazole rings is 1. The molecule has 0 aliphatic carbocycles. The summed E-state index contributed by atoms with van der Waals surface area (Å²) >= 11 is 0. The Bertz CT molecular complexity index is 1000. The van der Waals surface area contributed by atoms with Crippen molar-refractivity contribution in [3.05, 3.63) is 54.1 Å². The Kier molecular flexibility index (Phi) is 7.19. The zero-order valence-electron chi connectivity index (χ0n) is 18.6. The molecule has 0 bridgehead atoms. The van der Waals surface area contributed by atoms with Crippen molar-refractivity contribution in [1.29, 1.82) is 0 Å². The Morgan fingerprint density at radius 1 is 1.28 bits per heavy atom. The van der Waals surface area contributed by atoms with Crippen molar-refractivity contribution in [3.63, 3.8) is 0 Å². The molecular formula is C25H31N3O4. The minimum atomic E-state index is -0.537. The molecule has 32 heavy (non-hydrogen) atoms. The molecule has 3 aromatic rings. The minimum absolute atomic E-state index is 0.0162. The molecule has 7 heteroatoms. The van der Waals surface area contributed by atoms with Crippen LogP contribution in [-0.4, -0.2) is 40.9 Å². The molecule has 1 saturated heterocycles. The van der Waals surface area contributed by atoms with E-state index >= 15 is 0 Å². The highest BCUT2D eigenvalue weighted by molar-refractivity contribution is 5.76. The van der Waals surface area contributed by atoms with E-state index in [-0.39, 0.29) is 31.1 Å². The molecule has 2 heterocycles. The van der Waals surface area contributed by atoms with Crippen molar-refractivity contribution in [2.75, 3.05) is 6.54 Å². The van der Waals surface area contributed by atoms with E-state index in [2.05, 4.69) is 22.5 Å². The third kappa shape index (κ3) is 5.35. The average molecular weight is 438 g/mol. The quantitative estimate of drug-likeness (QED) is 0.440. The lowest BCUT2D eigenvalue weighted by Crippen LogP contribution is -2.42. The fourth-order valence-electron chi connectivity index (χ4n) is 4.27. The van der Waals surface area contributed by atoms with Crippen molar-refractivity contribution < 1.29 is 19.1 Å². The number of hydrogen-bond donors (Lipinski definition) is 3. The van der Waals surface area contributed by atoms with Gasteiger partial charge in [-0.3, -0.25) is 10.1 Å². The molecule has 4 rings (SSSR count). The summed E-state index contributed by atoms with van der Waals surface area (Å²) in [5.41, 5.74) is 3.34. The number of nitrogens with zero attached hydrogens (tertiary/aromatic N) is 1. The van der Waals surface area contributed by atoms with Crippen LogP contribution in [0, 0.1) is 5.92 Å². The van der Waals surface area contributed by atoms with Crippen LogP contribution in [0.15, 0.2) is 52.9 Å². The van der Waals surface area contributed by atoms with Crippen LogP contribution in [0.3, 0.4) is 0 Å². The molecule has 1 aromatic heterocycles. The first kappa shape index (κ1) is 22.5. The number of hydrogen-bond acceptors (Lipinski definition) is 7. The SMILES string of the molecule is CCCC1CC(C(C)NCC(=O)OCc2ccc(-c3nc4ccccc4o3)cc2)C(O)N1. The van der Waals surface area contributed by atoms with Crippen molar-refractivity contribution >= 4 is 17.1 Å². The monoisotopic (exact) mass is 437 g/mol. The number of aliphatic hydroxyl groups excluding tert-OH is 1. The first-order chi connectivity index (χ1) is 15.5. The summed E-state index contributed by atoms with van der Waals surface area (Å²) in [5.74, 6) is 0.335. The number of nitrogens with one attached hydrogen (secondary N) is 2. The predicted molar refractivity (Wildman–Crippen MR) is 123 cm³/mol. The highest BCUT2D eigenvalue weighted by Gasteiger charge is 2.35. The van der Waals surface area contributed by atoms with Crippen molar-refractivity contribution in [1.82, 2.24) is 15.6 Å². The van der Waals surface area contributed by atoms with Gasteiger partial charge < -0.3 is 19.6 Å². The summed E-state index contributed by atoms with van der Waals surface area (Å²) in [4.78, 5) is 16.7. The number of ether oxygens (including phenoxy) is 1. The van der Waals surface area contributed by atoms with Crippen LogP contribution in [0.2, 0.25) is 0 Å². The van der Waals surface area contributed by atoms with Crippen LogP contribution in [-0.2, 0) is 16.1 Å². The average Bonchev–Trinajstić information content (AvgIpc) is 3.40. The second-order valence-corrected chi connectivity index (χ2v) is 8.51. The van der Waals surface area contributed by atoms with Crippen LogP contribution >= 0.6 is 0 Å². The van der Waals surface area contributed by atoms with Gasteiger partial charge in [-0.1, -0.05) is 37.6 Å². The van der Waals surface area contributed by atoms with Gasteiger partial charge in [-0.05, 0) is 49.6 Å². The van der Waals surface area contributed by atoms with Gasteiger partial charge in [0.05, 0.1) is 6.54 Å². The summed E-state index contributed by atoms with van der Waals surface area (Å²) < 4.78 is 11.2. The molecular weight excluding hydrogens is 406 g/mol. The van der Waals surface area contributed by atoms with Gasteiger partial charge in [0.25, 0.3) is 0 Å². The van der Waals surface area contributed by atoms with E-state index in [1.54, 1.807) is 0 Å². The summed E-state index contributed by atoms with van der Waals surface area (Å²) in [5, 5.41) is 16.7. The van der Waals surface area contributed by atoms with E-state index in [4.69, 9.17) is 9.15 Å². The van der Waals surface area contributed by atoms with Gasteiger partial charge in [-0.2, -0.15) is 0 Å². The van der Waals surface area contributed by atoms with Gasteiger partial charge in [0.2, 0.25) is 5.89 Å². The number of rotatable bonds is 9. The Labute approximate surface area is 188 Å². The van der Waals surface area contributed by atoms with Crippen LogP contribution in [0.1, 0.15) is 38.7 Å². The molecule has 4 unspecified atom stereocenters. The van der Waals surface area contributed by atoms with E-state index in [0.717, 1.165) is 41.5 Å². The number of carbonyl (C=O) groups is 1. The van der Waals surface area contributed by atoms with Gasteiger partial charge in [-0.25, -0.2) is 4.98 Å². The lowest BCUT2D eigenvalue weighted by molar-refractivity contribution is -0.144. The molecule has 7 nitrogen and oxygen atoms in total. The second kappa shape index (κ2) is 10.3. The van der Waals surface area contributed by atoms with Gasteiger partial charge in [-0.15, -0.1) is 0 Å². The Morgan fingerprint density at radius 3 is 2.81 bits per heavy atom. The normalized spacial score (nSPS) is 21.7. The van der Waals surface area contributed by atoms with Gasteiger partial charge in [0, 0.05) is 23.6 Å². The number of aliphatic hydroxyl groups is 1. The van der Waals surface area contributed by atoms with E-state index < -0.39 is 6.23 Å². The molecule has 0 amide bonds. The van der Waals surface area contributed by atoms with Gasteiger partial charge >= 0.3 is 5.97 Å².